The second-order valence-electron chi connectivity index (χ2n) is 9.01. The third-order valence-electron chi connectivity index (χ3n) is 6.69. The molecule has 1 saturated carbocycles. The number of amides is 1. The number of carbonyl (C=O) groups is 2. The van der Waals surface area contributed by atoms with Crippen LogP contribution in [0.15, 0.2) is 17.6 Å². The minimum atomic E-state index is -0.990. The maximum absolute atomic E-state index is 13.1. The van der Waals surface area contributed by atoms with Gasteiger partial charge in [0.15, 0.2) is 0 Å². The molecule has 1 aliphatic carbocycles. The van der Waals surface area contributed by atoms with Crippen LogP contribution < -0.4 is 5.32 Å². The van der Waals surface area contributed by atoms with Gasteiger partial charge >= 0.3 is 5.97 Å². The van der Waals surface area contributed by atoms with E-state index in [1.165, 1.54) is 4.68 Å². The normalized spacial score (nSPS) is 22.8. The van der Waals surface area contributed by atoms with Gasteiger partial charge in [-0.1, -0.05) is 5.21 Å². The second-order valence-corrected chi connectivity index (χ2v) is 9.92. The third-order valence-corrected chi connectivity index (χ3v) is 7.58. The van der Waals surface area contributed by atoms with Gasteiger partial charge in [-0.2, -0.15) is 0 Å². The van der Waals surface area contributed by atoms with E-state index in [1.807, 2.05) is 0 Å². The summed E-state index contributed by atoms with van der Waals surface area (Å²) in [7, 11) is 4.13. The largest absolute Gasteiger partial charge is 0.477 e. The van der Waals surface area contributed by atoms with Gasteiger partial charge in [0.1, 0.15) is 10.6 Å². The first-order valence-corrected chi connectivity index (χ1v) is 12.1. The summed E-state index contributed by atoms with van der Waals surface area (Å²) < 4.78 is 6.99. The molecule has 0 spiro atoms. The Morgan fingerprint density at radius 2 is 2.09 bits per heavy atom. The summed E-state index contributed by atoms with van der Waals surface area (Å²) in [5.74, 6) is -0.475. The highest BCUT2D eigenvalue weighted by Gasteiger charge is 2.33. The van der Waals surface area contributed by atoms with E-state index in [-0.39, 0.29) is 22.7 Å². The van der Waals surface area contributed by atoms with Crippen LogP contribution in [0.1, 0.15) is 59.9 Å². The van der Waals surface area contributed by atoms with Crippen LogP contribution >= 0.6 is 11.3 Å². The number of nitrogens with one attached hydrogen (secondary N) is 1. The summed E-state index contributed by atoms with van der Waals surface area (Å²) in [5, 5.41) is 22.9. The van der Waals surface area contributed by atoms with Crippen molar-refractivity contribution >= 4 is 23.2 Å². The topological polar surface area (TPSA) is 110 Å². The molecule has 1 amide bonds. The Bertz CT molecular complexity index is 936. The number of nitrogens with zero attached hydrogens (tertiary/aromatic N) is 4. The molecule has 0 aromatic carbocycles. The van der Waals surface area contributed by atoms with E-state index >= 15 is 0 Å². The van der Waals surface area contributed by atoms with E-state index in [0.29, 0.717) is 23.3 Å². The third kappa shape index (κ3) is 5.19. The van der Waals surface area contributed by atoms with Crippen molar-refractivity contribution in [2.75, 3.05) is 27.3 Å². The minimum Gasteiger partial charge on any atom is -0.477 e. The summed E-state index contributed by atoms with van der Waals surface area (Å²) in [6, 6.07) is 1.90. The van der Waals surface area contributed by atoms with Gasteiger partial charge in [0, 0.05) is 25.2 Å². The van der Waals surface area contributed by atoms with Gasteiger partial charge in [-0.25, -0.2) is 9.48 Å². The second kappa shape index (κ2) is 10.1. The van der Waals surface area contributed by atoms with Gasteiger partial charge in [-0.15, -0.1) is 16.4 Å². The Balaban J connectivity index is 1.52. The van der Waals surface area contributed by atoms with Crippen LogP contribution in [0.3, 0.4) is 0 Å². The number of rotatable bonds is 8. The number of thiophene rings is 1. The first kappa shape index (κ1) is 22.9. The van der Waals surface area contributed by atoms with Crippen molar-refractivity contribution in [3.05, 3.63) is 28.2 Å². The summed E-state index contributed by atoms with van der Waals surface area (Å²) in [5.41, 5.74) is 1.15. The maximum Gasteiger partial charge on any atom is 0.348 e. The number of aromatic carboxylic acids is 1. The van der Waals surface area contributed by atoms with Crippen molar-refractivity contribution in [3.8, 4) is 5.69 Å². The van der Waals surface area contributed by atoms with E-state index in [4.69, 9.17) is 4.74 Å². The predicted octanol–water partition coefficient (Wildman–Crippen LogP) is 2.73. The molecule has 32 heavy (non-hydrogen) atoms. The van der Waals surface area contributed by atoms with E-state index in [9.17, 15) is 14.7 Å². The van der Waals surface area contributed by atoms with E-state index in [1.54, 1.807) is 17.6 Å². The highest BCUT2D eigenvalue weighted by atomic mass is 32.1. The minimum absolute atomic E-state index is 0.00474. The van der Waals surface area contributed by atoms with Crippen LogP contribution in [0.25, 0.3) is 5.69 Å². The first-order chi connectivity index (χ1) is 15.4. The molecule has 2 aromatic heterocycles. The molecule has 0 radical (unpaired) electrons. The van der Waals surface area contributed by atoms with Gasteiger partial charge in [-0.3, -0.25) is 4.79 Å². The molecule has 10 heteroatoms. The molecular weight excluding hydrogens is 430 g/mol. The zero-order valence-electron chi connectivity index (χ0n) is 18.6. The van der Waals surface area contributed by atoms with E-state index < -0.39 is 5.97 Å². The Kier molecular flexibility index (Phi) is 7.22. The lowest BCUT2D eigenvalue weighted by molar-refractivity contribution is -0.125. The molecule has 2 aliphatic rings. The fourth-order valence-corrected chi connectivity index (χ4v) is 5.44. The smallest absolute Gasteiger partial charge is 0.348 e. The number of carbonyl (C=O) groups excluding carboxylic acids is 1. The van der Waals surface area contributed by atoms with E-state index in [0.717, 1.165) is 63.1 Å². The molecular formula is C22H31N5O4S. The van der Waals surface area contributed by atoms with Crippen LogP contribution in [-0.2, 0) is 9.53 Å². The number of hydrogen-bond acceptors (Lipinski definition) is 7. The zero-order chi connectivity index (χ0) is 22.7. The van der Waals surface area contributed by atoms with Crippen LogP contribution in [0.5, 0.6) is 0 Å². The molecule has 2 fully saturated rings. The molecule has 3 atom stereocenters. The fourth-order valence-electron chi connectivity index (χ4n) is 4.72. The van der Waals surface area contributed by atoms with Crippen LogP contribution in [0, 0.1) is 11.8 Å². The Hall–Kier alpha value is -2.30. The molecule has 0 bridgehead atoms. The lowest BCUT2D eigenvalue weighted by Crippen LogP contribution is -2.36. The number of carboxylic acids is 1. The van der Waals surface area contributed by atoms with Crippen LogP contribution in [0.4, 0.5) is 0 Å². The zero-order valence-corrected chi connectivity index (χ0v) is 19.4. The van der Waals surface area contributed by atoms with Gasteiger partial charge in [-0.05, 0) is 70.0 Å². The molecule has 9 nitrogen and oxygen atoms in total. The number of hydrogen-bond donors (Lipinski definition) is 2. The van der Waals surface area contributed by atoms with Gasteiger partial charge in [0.05, 0.1) is 17.9 Å². The fraction of sp³-hybridized carbons (Fsp3) is 0.636. The van der Waals surface area contributed by atoms with Crippen LogP contribution in [0.2, 0.25) is 0 Å². The van der Waals surface area contributed by atoms with Crippen LogP contribution in [-0.4, -0.2) is 70.2 Å². The van der Waals surface area contributed by atoms with E-state index in [2.05, 4.69) is 34.6 Å². The highest BCUT2D eigenvalue weighted by molar-refractivity contribution is 7.12. The standard InChI is InChI=1S/C22H31N5O4S/c1-26(2)16-4-3-15(12-16)21(28)23-17(11-14-5-8-31-9-6-14)18-13-27(25-24-18)19-7-10-32-20(19)22(29)30/h7,10,13-17H,3-6,8-9,11-12H2,1-2H3,(H,23,28)(H,29,30)/t15-,16+,17?/m0/s1. The predicted molar refractivity (Wildman–Crippen MR) is 120 cm³/mol. The molecule has 3 heterocycles. The maximum atomic E-state index is 13.1. The molecule has 2 N–H and O–H groups in total. The first-order valence-electron chi connectivity index (χ1n) is 11.2. The average molecular weight is 462 g/mol. The Morgan fingerprint density at radius 3 is 2.78 bits per heavy atom. The van der Waals surface area contributed by atoms with Crippen molar-refractivity contribution < 1.29 is 19.4 Å². The van der Waals surface area contributed by atoms with Crippen molar-refractivity contribution in [2.45, 2.75) is 50.6 Å². The van der Waals surface area contributed by atoms with Crippen molar-refractivity contribution in [3.63, 3.8) is 0 Å². The molecule has 1 unspecified atom stereocenters. The summed E-state index contributed by atoms with van der Waals surface area (Å²) >= 11 is 1.15. The Labute approximate surface area is 191 Å². The SMILES string of the molecule is CN(C)[C@@H]1CC[C@H](C(=O)NC(CC2CCOCC2)c2cn(-c3ccsc3C(=O)O)nn2)C1. The van der Waals surface area contributed by atoms with Crippen molar-refractivity contribution in [1.82, 2.24) is 25.2 Å². The number of ether oxygens (including phenoxy) is 1. The molecule has 2 aromatic rings. The molecule has 174 valence electrons. The monoisotopic (exact) mass is 461 g/mol. The number of aromatic nitrogens is 3. The van der Waals surface area contributed by atoms with Crippen molar-refractivity contribution in [1.29, 1.82) is 0 Å². The lowest BCUT2D eigenvalue weighted by atomic mass is 9.91. The highest BCUT2D eigenvalue weighted by Crippen LogP contribution is 2.31. The van der Waals surface area contributed by atoms with Gasteiger partial charge in [0.2, 0.25) is 5.91 Å². The van der Waals surface area contributed by atoms with Gasteiger partial charge < -0.3 is 20.1 Å². The average Bonchev–Trinajstić information content (AvgIpc) is 3.54. The molecule has 4 rings (SSSR count). The van der Waals surface area contributed by atoms with Gasteiger partial charge in [0.25, 0.3) is 0 Å². The summed E-state index contributed by atoms with van der Waals surface area (Å²) in [4.78, 5) is 27.0. The summed E-state index contributed by atoms with van der Waals surface area (Å²) in [6.45, 7) is 1.48. The Morgan fingerprint density at radius 1 is 1.31 bits per heavy atom. The number of carboxylic acid groups (broad SMARTS) is 1. The quantitative estimate of drug-likeness (QED) is 0.622. The summed E-state index contributed by atoms with van der Waals surface area (Å²) in [6.07, 6.45) is 7.22. The molecule has 1 saturated heterocycles. The van der Waals surface area contributed by atoms with Crippen molar-refractivity contribution in [2.24, 2.45) is 11.8 Å². The lowest BCUT2D eigenvalue weighted by Gasteiger charge is -2.27. The molecule has 1 aliphatic heterocycles.